The Morgan fingerprint density at radius 1 is 1.18 bits per heavy atom. The van der Waals surface area contributed by atoms with Crippen molar-refractivity contribution < 1.29 is 19.2 Å². The Bertz CT molecular complexity index is 459. The summed E-state index contributed by atoms with van der Waals surface area (Å²) in [5, 5.41) is 0. The Morgan fingerprint density at radius 2 is 1.91 bits per heavy atom. The van der Waals surface area contributed by atoms with E-state index in [2.05, 4.69) is 20.8 Å². The molecule has 5 nitrogen and oxygen atoms in total. The minimum atomic E-state index is -0.327. The summed E-state index contributed by atoms with van der Waals surface area (Å²) < 4.78 is 10.9. The van der Waals surface area contributed by atoms with Crippen molar-refractivity contribution in [3.8, 4) is 5.75 Å². The van der Waals surface area contributed by atoms with Gasteiger partial charge < -0.3 is 20.1 Å². The molecule has 0 radical (unpaired) electrons. The molecule has 0 atom stereocenters. The van der Waals surface area contributed by atoms with Gasteiger partial charge in [-0.2, -0.15) is 0 Å². The third-order valence-electron chi connectivity index (χ3n) is 3.69. The zero-order valence-electron chi connectivity index (χ0n) is 14.0. The van der Waals surface area contributed by atoms with Crippen molar-refractivity contribution in [1.29, 1.82) is 0 Å². The fraction of sp³-hybridized carbons (Fsp3) is 0.588. The first-order chi connectivity index (χ1) is 10.6. The van der Waals surface area contributed by atoms with Crippen LogP contribution in [0.1, 0.15) is 44.0 Å². The van der Waals surface area contributed by atoms with Gasteiger partial charge in [0.15, 0.2) is 0 Å². The van der Waals surface area contributed by atoms with Crippen LogP contribution in [-0.4, -0.2) is 38.8 Å². The molecule has 1 rings (SSSR count). The molecule has 3 N–H and O–H groups in total. The van der Waals surface area contributed by atoms with Gasteiger partial charge in [0, 0.05) is 0 Å². The zero-order chi connectivity index (χ0) is 16.4. The molecular formula is C17H29N2O3+. The molecule has 124 valence electrons. The van der Waals surface area contributed by atoms with Gasteiger partial charge in [-0.15, -0.1) is 0 Å². The molecule has 0 saturated carbocycles. The monoisotopic (exact) mass is 309 g/mol. The number of anilines is 1. The molecule has 0 spiro atoms. The largest absolute Gasteiger partial charge is 0.491 e. The highest BCUT2D eigenvalue weighted by atomic mass is 16.5. The van der Waals surface area contributed by atoms with Crippen LogP contribution in [0.15, 0.2) is 18.2 Å². The van der Waals surface area contributed by atoms with Gasteiger partial charge in [0.2, 0.25) is 0 Å². The number of nitrogens with one attached hydrogen (secondary N) is 1. The van der Waals surface area contributed by atoms with E-state index in [-0.39, 0.29) is 5.97 Å². The topological polar surface area (TPSA) is 66.0 Å². The second kappa shape index (κ2) is 10.1. The SMILES string of the molecule is CCCCOc1cc(C(=O)OCC[NH+](CC)CC)ccc1N. The Labute approximate surface area is 133 Å². The lowest BCUT2D eigenvalue weighted by Gasteiger charge is -2.15. The molecule has 0 saturated heterocycles. The molecule has 0 amide bonds. The molecule has 1 aromatic carbocycles. The van der Waals surface area contributed by atoms with E-state index >= 15 is 0 Å². The average Bonchev–Trinajstić information content (AvgIpc) is 2.53. The Balaban J connectivity index is 2.56. The van der Waals surface area contributed by atoms with Crippen LogP contribution < -0.4 is 15.4 Å². The molecule has 5 heteroatoms. The number of carbonyl (C=O) groups excluding carboxylic acids is 1. The van der Waals surface area contributed by atoms with Crippen molar-refractivity contribution in [3.05, 3.63) is 23.8 Å². The first-order valence-corrected chi connectivity index (χ1v) is 8.15. The van der Waals surface area contributed by atoms with Gasteiger partial charge >= 0.3 is 5.97 Å². The normalized spacial score (nSPS) is 10.7. The van der Waals surface area contributed by atoms with Crippen LogP contribution in [0.4, 0.5) is 5.69 Å². The van der Waals surface area contributed by atoms with E-state index in [9.17, 15) is 4.79 Å². The number of nitrogens with two attached hydrogens (primary N) is 1. The van der Waals surface area contributed by atoms with E-state index in [4.69, 9.17) is 15.2 Å². The lowest BCUT2D eigenvalue weighted by Crippen LogP contribution is -3.11. The Hall–Kier alpha value is -1.75. The van der Waals surface area contributed by atoms with Crippen LogP contribution in [0.5, 0.6) is 5.75 Å². The standard InChI is InChI=1S/C17H28N2O3/c1-4-7-11-21-16-13-14(8-9-15(16)18)17(20)22-12-10-19(5-2)6-3/h8-9,13H,4-7,10-12,18H2,1-3H3/p+1. The summed E-state index contributed by atoms with van der Waals surface area (Å²) in [7, 11) is 0. The number of quaternary nitrogens is 1. The second-order valence-electron chi connectivity index (χ2n) is 5.30. The number of nitrogen functional groups attached to an aromatic ring is 1. The number of likely N-dealkylation sites (N-methyl/N-ethyl adjacent to an activating group) is 1. The highest BCUT2D eigenvalue weighted by molar-refractivity contribution is 5.90. The van der Waals surface area contributed by atoms with Gasteiger partial charge in [-0.3, -0.25) is 0 Å². The molecule has 1 aromatic rings. The maximum Gasteiger partial charge on any atom is 0.338 e. The predicted octanol–water partition coefficient (Wildman–Crippen LogP) is 1.53. The molecule has 0 bridgehead atoms. The summed E-state index contributed by atoms with van der Waals surface area (Å²) in [6.45, 7) is 10.3. The smallest absolute Gasteiger partial charge is 0.338 e. The number of hydrogen-bond donors (Lipinski definition) is 2. The molecule has 0 aromatic heterocycles. The third kappa shape index (κ3) is 5.93. The molecule has 0 aliphatic rings. The minimum Gasteiger partial charge on any atom is -0.491 e. The number of esters is 1. The Kier molecular flexibility index (Phi) is 8.36. The molecule has 0 fully saturated rings. The fourth-order valence-electron chi connectivity index (χ4n) is 2.09. The number of ether oxygens (including phenoxy) is 2. The quantitative estimate of drug-likeness (QED) is 0.391. The van der Waals surface area contributed by atoms with Gasteiger partial charge in [-0.1, -0.05) is 13.3 Å². The van der Waals surface area contributed by atoms with E-state index in [1.807, 2.05) is 0 Å². The van der Waals surface area contributed by atoms with Gasteiger partial charge in [0.25, 0.3) is 0 Å². The summed E-state index contributed by atoms with van der Waals surface area (Å²) in [6, 6.07) is 5.03. The molecule has 0 aliphatic carbocycles. The Morgan fingerprint density at radius 3 is 2.55 bits per heavy atom. The molecule has 0 aliphatic heterocycles. The van der Waals surface area contributed by atoms with E-state index in [0.717, 1.165) is 32.5 Å². The number of carbonyl (C=O) groups is 1. The van der Waals surface area contributed by atoms with Crippen molar-refractivity contribution in [2.24, 2.45) is 0 Å². The van der Waals surface area contributed by atoms with Crippen LogP contribution in [0, 0.1) is 0 Å². The summed E-state index contributed by atoms with van der Waals surface area (Å²) >= 11 is 0. The fourth-order valence-corrected chi connectivity index (χ4v) is 2.09. The number of hydrogen-bond acceptors (Lipinski definition) is 4. The first kappa shape index (κ1) is 18.3. The van der Waals surface area contributed by atoms with Gasteiger partial charge in [0.1, 0.15) is 18.9 Å². The highest BCUT2D eigenvalue weighted by Crippen LogP contribution is 2.23. The second-order valence-corrected chi connectivity index (χ2v) is 5.30. The molecule has 0 unspecified atom stereocenters. The van der Waals surface area contributed by atoms with Gasteiger partial charge in [0.05, 0.1) is 30.9 Å². The summed E-state index contributed by atoms with van der Waals surface area (Å²) in [4.78, 5) is 13.5. The lowest BCUT2D eigenvalue weighted by atomic mass is 10.2. The van der Waals surface area contributed by atoms with Gasteiger partial charge in [-0.25, -0.2) is 4.79 Å². The zero-order valence-corrected chi connectivity index (χ0v) is 14.0. The van der Waals surface area contributed by atoms with Crippen LogP contribution in [0.25, 0.3) is 0 Å². The van der Waals surface area contributed by atoms with Crippen molar-refractivity contribution in [2.75, 3.05) is 38.6 Å². The van der Waals surface area contributed by atoms with Gasteiger partial charge in [-0.05, 0) is 38.5 Å². The first-order valence-electron chi connectivity index (χ1n) is 8.15. The number of unbranched alkanes of at least 4 members (excludes halogenated alkanes) is 1. The van der Waals surface area contributed by atoms with Crippen LogP contribution in [0.2, 0.25) is 0 Å². The molecular weight excluding hydrogens is 280 g/mol. The van der Waals surface area contributed by atoms with Crippen LogP contribution in [0.3, 0.4) is 0 Å². The van der Waals surface area contributed by atoms with Crippen molar-refractivity contribution in [3.63, 3.8) is 0 Å². The lowest BCUT2D eigenvalue weighted by molar-refractivity contribution is -0.896. The highest BCUT2D eigenvalue weighted by Gasteiger charge is 2.12. The maximum absolute atomic E-state index is 12.1. The maximum atomic E-state index is 12.1. The van der Waals surface area contributed by atoms with E-state index in [0.29, 0.717) is 30.2 Å². The van der Waals surface area contributed by atoms with Crippen LogP contribution >= 0.6 is 0 Å². The third-order valence-corrected chi connectivity index (χ3v) is 3.69. The molecule has 22 heavy (non-hydrogen) atoms. The minimum absolute atomic E-state index is 0.327. The molecule has 0 heterocycles. The average molecular weight is 309 g/mol. The number of benzene rings is 1. The van der Waals surface area contributed by atoms with Crippen molar-refractivity contribution >= 4 is 11.7 Å². The van der Waals surface area contributed by atoms with Crippen molar-refractivity contribution in [2.45, 2.75) is 33.6 Å². The van der Waals surface area contributed by atoms with Crippen molar-refractivity contribution in [1.82, 2.24) is 0 Å². The summed E-state index contributed by atoms with van der Waals surface area (Å²) in [5.74, 6) is 0.226. The van der Waals surface area contributed by atoms with E-state index < -0.39 is 0 Å². The van der Waals surface area contributed by atoms with Crippen LogP contribution in [-0.2, 0) is 4.74 Å². The predicted molar refractivity (Wildman–Crippen MR) is 88.5 cm³/mol. The summed E-state index contributed by atoms with van der Waals surface area (Å²) in [5.41, 5.74) is 6.89. The number of rotatable bonds is 10. The van der Waals surface area contributed by atoms with E-state index in [1.165, 1.54) is 4.90 Å². The van der Waals surface area contributed by atoms with E-state index in [1.54, 1.807) is 18.2 Å². The summed E-state index contributed by atoms with van der Waals surface area (Å²) in [6.07, 6.45) is 2.01.